The Labute approximate surface area is 148 Å². The lowest BCUT2D eigenvalue weighted by atomic mass is 10.1. The van der Waals surface area contributed by atoms with Gasteiger partial charge in [-0.15, -0.1) is 11.3 Å². The van der Waals surface area contributed by atoms with E-state index in [1.807, 2.05) is 0 Å². The number of nitrogens with one attached hydrogen (secondary N) is 1. The first-order valence-electron chi connectivity index (χ1n) is 7.91. The summed E-state index contributed by atoms with van der Waals surface area (Å²) in [5, 5.41) is 8.57. The van der Waals surface area contributed by atoms with Gasteiger partial charge in [0.1, 0.15) is 11.5 Å². The van der Waals surface area contributed by atoms with Crippen LogP contribution in [0.3, 0.4) is 0 Å². The molecule has 3 heterocycles. The van der Waals surface area contributed by atoms with Crippen molar-refractivity contribution in [3.63, 3.8) is 0 Å². The maximum absolute atomic E-state index is 4.97. The summed E-state index contributed by atoms with van der Waals surface area (Å²) in [4.78, 5) is 1.23. The van der Waals surface area contributed by atoms with E-state index < -0.39 is 0 Å². The fraction of sp³-hybridized carbons (Fsp3) is 0.278. The molecule has 1 N–H and O–H groups in total. The molecule has 0 saturated heterocycles. The number of hydrogen-bond donors (Lipinski definition) is 1. The van der Waals surface area contributed by atoms with Crippen LogP contribution < -0.4 is 5.32 Å². The highest BCUT2D eigenvalue weighted by Crippen LogP contribution is 2.38. The number of aryl methyl sites for hydroxylation is 1. The molecule has 1 aliphatic rings. The average Bonchev–Trinajstić information content (AvgIpc) is 3.03. The minimum atomic E-state index is 1.01. The van der Waals surface area contributed by atoms with Crippen molar-refractivity contribution in [3.8, 4) is 16.3 Å². The number of rotatable bonds is 2. The third-order valence-corrected chi connectivity index (χ3v) is 5.81. The zero-order chi connectivity index (χ0) is 15.8. The van der Waals surface area contributed by atoms with E-state index in [-0.39, 0.29) is 0 Å². The average molecular weight is 388 g/mol. The van der Waals surface area contributed by atoms with Crippen molar-refractivity contribution in [1.82, 2.24) is 9.78 Å². The predicted molar refractivity (Wildman–Crippen MR) is 101 cm³/mol. The number of aromatic nitrogens is 2. The molecule has 0 amide bonds. The molecule has 1 aromatic carbocycles. The lowest BCUT2D eigenvalue weighted by Gasteiger charge is -2.09. The molecule has 0 bridgehead atoms. The molecule has 1 aliphatic heterocycles. The van der Waals surface area contributed by atoms with E-state index in [0.29, 0.717) is 0 Å². The molecule has 2 aromatic heterocycles. The van der Waals surface area contributed by atoms with Crippen molar-refractivity contribution in [3.05, 3.63) is 51.3 Å². The molecule has 118 valence electrons. The van der Waals surface area contributed by atoms with Crippen LogP contribution >= 0.6 is 27.3 Å². The summed E-state index contributed by atoms with van der Waals surface area (Å²) in [5.74, 6) is 1.16. The van der Waals surface area contributed by atoms with Gasteiger partial charge >= 0.3 is 0 Å². The zero-order valence-electron chi connectivity index (χ0n) is 13.0. The minimum Gasteiger partial charge on any atom is -0.370 e. The normalized spacial score (nSPS) is 14.2. The Kier molecular flexibility index (Phi) is 3.99. The molecule has 0 saturated carbocycles. The smallest absolute Gasteiger partial charge is 0.133 e. The van der Waals surface area contributed by atoms with Crippen molar-refractivity contribution in [2.45, 2.75) is 26.2 Å². The lowest BCUT2D eigenvalue weighted by molar-refractivity contribution is 0.780. The number of anilines is 1. The number of nitrogens with zero attached hydrogens (tertiary/aromatic N) is 2. The monoisotopic (exact) mass is 387 g/mol. The maximum atomic E-state index is 4.97. The number of hydrogen-bond acceptors (Lipinski definition) is 3. The van der Waals surface area contributed by atoms with Gasteiger partial charge in [-0.05, 0) is 71.9 Å². The summed E-state index contributed by atoms with van der Waals surface area (Å²) in [6.07, 6.45) is 3.49. The molecule has 0 atom stereocenters. The highest BCUT2D eigenvalue weighted by atomic mass is 79.9. The highest BCUT2D eigenvalue weighted by molar-refractivity contribution is 9.11. The first-order valence-corrected chi connectivity index (χ1v) is 9.52. The van der Waals surface area contributed by atoms with Gasteiger partial charge in [0, 0.05) is 12.1 Å². The fourth-order valence-electron chi connectivity index (χ4n) is 3.09. The van der Waals surface area contributed by atoms with Gasteiger partial charge in [-0.1, -0.05) is 12.1 Å². The quantitative estimate of drug-likeness (QED) is 0.635. The van der Waals surface area contributed by atoms with Gasteiger partial charge < -0.3 is 5.32 Å². The molecule has 3 nitrogen and oxygen atoms in total. The molecular weight excluding hydrogens is 370 g/mol. The standard InChI is InChI=1S/C18H18BrN3S/c1-12-5-4-6-13(11-12)22-18-14(7-2-3-10-20-18)17(21-22)15-8-9-16(19)23-15/h4-6,8-9,11,20H,2-3,7,10H2,1H3. The minimum absolute atomic E-state index is 1.01. The summed E-state index contributed by atoms with van der Waals surface area (Å²) in [6, 6.07) is 12.8. The summed E-state index contributed by atoms with van der Waals surface area (Å²) < 4.78 is 3.23. The van der Waals surface area contributed by atoms with Crippen molar-refractivity contribution >= 4 is 33.1 Å². The lowest BCUT2D eigenvalue weighted by Crippen LogP contribution is -2.07. The van der Waals surface area contributed by atoms with Gasteiger partial charge in [-0.3, -0.25) is 0 Å². The molecular formula is C18H18BrN3S. The number of fused-ring (bicyclic) bond motifs is 1. The molecule has 0 aliphatic carbocycles. The Bertz CT molecular complexity index is 850. The Morgan fingerprint density at radius 2 is 2.13 bits per heavy atom. The van der Waals surface area contributed by atoms with Crippen LogP contribution in [-0.4, -0.2) is 16.3 Å². The molecule has 3 aromatic rings. The van der Waals surface area contributed by atoms with E-state index in [9.17, 15) is 0 Å². The fourth-order valence-corrected chi connectivity index (χ4v) is 4.49. The van der Waals surface area contributed by atoms with Gasteiger partial charge in [0.25, 0.3) is 0 Å². The van der Waals surface area contributed by atoms with Crippen LogP contribution in [-0.2, 0) is 6.42 Å². The summed E-state index contributed by atoms with van der Waals surface area (Å²) in [6.45, 7) is 3.13. The van der Waals surface area contributed by atoms with Crippen LogP contribution in [0.15, 0.2) is 40.2 Å². The van der Waals surface area contributed by atoms with E-state index in [2.05, 4.69) is 69.3 Å². The SMILES string of the molecule is Cc1cccc(-n2nc(-c3ccc(Br)s3)c3c2NCCCC3)c1. The van der Waals surface area contributed by atoms with Gasteiger partial charge in [-0.25, -0.2) is 4.68 Å². The van der Waals surface area contributed by atoms with E-state index in [4.69, 9.17) is 5.10 Å². The van der Waals surface area contributed by atoms with Crippen LogP contribution in [0.2, 0.25) is 0 Å². The van der Waals surface area contributed by atoms with Gasteiger partial charge in [-0.2, -0.15) is 5.10 Å². The van der Waals surface area contributed by atoms with Gasteiger partial charge in [0.15, 0.2) is 0 Å². The number of halogens is 1. The topological polar surface area (TPSA) is 29.9 Å². The van der Waals surface area contributed by atoms with Crippen molar-refractivity contribution < 1.29 is 0 Å². The van der Waals surface area contributed by atoms with E-state index in [1.165, 1.54) is 28.8 Å². The van der Waals surface area contributed by atoms with E-state index >= 15 is 0 Å². The van der Waals surface area contributed by atoms with Gasteiger partial charge in [0.05, 0.1) is 14.4 Å². The van der Waals surface area contributed by atoms with Crippen LogP contribution in [0.5, 0.6) is 0 Å². The van der Waals surface area contributed by atoms with Crippen molar-refractivity contribution in [2.75, 3.05) is 11.9 Å². The molecule has 5 heteroatoms. The molecule has 0 fully saturated rings. The molecule has 0 radical (unpaired) electrons. The van der Waals surface area contributed by atoms with Crippen LogP contribution in [0, 0.1) is 6.92 Å². The van der Waals surface area contributed by atoms with Crippen LogP contribution in [0.4, 0.5) is 5.82 Å². The highest BCUT2D eigenvalue weighted by Gasteiger charge is 2.22. The second kappa shape index (κ2) is 6.13. The second-order valence-electron chi connectivity index (χ2n) is 5.91. The van der Waals surface area contributed by atoms with E-state index in [0.717, 1.165) is 34.0 Å². The van der Waals surface area contributed by atoms with Crippen molar-refractivity contribution in [2.24, 2.45) is 0 Å². The first kappa shape index (κ1) is 15.0. The molecule has 23 heavy (non-hydrogen) atoms. The number of thiophene rings is 1. The molecule has 0 unspecified atom stereocenters. The van der Waals surface area contributed by atoms with Crippen molar-refractivity contribution in [1.29, 1.82) is 0 Å². The summed E-state index contributed by atoms with van der Waals surface area (Å²) >= 11 is 5.32. The predicted octanol–water partition coefficient (Wildman–Crippen LogP) is 5.42. The summed E-state index contributed by atoms with van der Waals surface area (Å²) in [5.41, 5.74) is 4.84. The summed E-state index contributed by atoms with van der Waals surface area (Å²) in [7, 11) is 0. The zero-order valence-corrected chi connectivity index (χ0v) is 15.4. The molecule has 4 rings (SSSR count). The second-order valence-corrected chi connectivity index (χ2v) is 8.38. The number of benzene rings is 1. The Balaban J connectivity index is 1.91. The third kappa shape index (κ3) is 2.83. The molecule has 0 spiro atoms. The maximum Gasteiger partial charge on any atom is 0.133 e. The Hall–Kier alpha value is -1.59. The van der Waals surface area contributed by atoms with E-state index in [1.54, 1.807) is 11.3 Å². The third-order valence-electron chi connectivity index (χ3n) is 4.18. The van der Waals surface area contributed by atoms with Crippen LogP contribution in [0.25, 0.3) is 16.3 Å². The van der Waals surface area contributed by atoms with Gasteiger partial charge in [0.2, 0.25) is 0 Å². The first-order chi connectivity index (χ1) is 11.2. The Morgan fingerprint density at radius 3 is 2.91 bits per heavy atom. The largest absolute Gasteiger partial charge is 0.370 e. The Morgan fingerprint density at radius 1 is 1.22 bits per heavy atom. The van der Waals surface area contributed by atoms with Crippen LogP contribution in [0.1, 0.15) is 24.0 Å².